The largest absolute Gasteiger partial charge is 0.358 e. The summed E-state index contributed by atoms with van der Waals surface area (Å²) in [6.45, 7) is 2.02. The van der Waals surface area contributed by atoms with Gasteiger partial charge in [0.15, 0.2) is 9.84 Å². The summed E-state index contributed by atoms with van der Waals surface area (Å²) in [4.78, 5) is 2.55. The zero-order valence-corrected chi connectivity index (χ0v) is 13.1. The second-order valence-corrected chi connectivity index (χ2v) is 8.28. The lowest BCUT2D eigenvalue weighted by molar-refractivity contribution is 0.539. The zero-order chi connectivity index (χ0) is 13.7. The van der Waals surface area contributed by atoms with E-state index < -0.39 is 9.84 Å². The van der Waals surface area contributed by atoms with Gasteiger partial charge in [0, 0.05) is 18.8 Å². The summed E-state index contributed by atoms with van der Waals surface area (Å²) in [5.41, 5.74) is 0. The van der Waals surface area contributed by atoms with Gasteiger partial charge in [-0.25, -0.2) is 8.42 Å². The van der Waals surface area contributed by atoms with Gasteiger partial charge in [-0.3, -0.25) is 0 Å². The quantitative estimate of drug-likeness (QED) is 0.798. The number of hydrogen-bond donors (Lipinski definition) is 0. The molecule has 1 aromatic carbocycles. The minimum Gasteiger partial charge on any atom is -0.358 e. The van der Waals surface area contributed by atoms with E-state index in [1.165, 1.54) is 24.6 Å². The molecular weight excluding hydrogens is 298 g/mol. The van der Waals surface area contributed by atoms with E-state index in [1.54, 1.807) is 24.3 Å². The molecule has 1 aromatic rings. The minimum absolute atomic E-state index is 0.135. The smallest absolute Gasteiger partial charge is 0.179 e. The number of hydrogen-bond acceptors (Lipinski definition) is 4. The monoisotopic (exact) mass is 315 g/mol. The first kappa shape index (κ1) is 14.8. The van der Waals surface area contributed by atoms with Gasteiger partial charge in [0.25, 0.3) is 0 Å². The summed E-state index contributed by atoms with van der Waals surface area (Å²) in [6, 6.07) is 8.58. The van der Waals surface area contributed by atoms with E-state index >= 15 is 0 Å². The topological polar surface area (TPSA) is 37.4 Å². The molecule has 1 saturated heterocycles. The highest BCUT2D eigenvalue weighted by atomic mass is 32.2. The minimum atomic E-state index is -3.18. The van der Waals surface area contributed by atoms with E-state index in [0.717, 1.165) is 17.4 Å². The van der Waals surface area contributed by atoms with Crippen molar-refractivity contribution in [3.63, 3.8) is 0 Å². The molecule has 0 bridgehead atoms. The summed E-state index contributed by atoms with van der Waals surface area (Å²) >= 11 is 6.79. The average molecular weight is 315 g/mol. The van der Waals surface area contributed by atoms with Crippen LogP contribution in [0.4, 0.5) is 0 Å². The number of likely N-dealkylation sites (tertiary alicyclic amines) is 1. The van der Waals surface area contributed by atoms with Gasteiger partial charge < -0.3 is 4.90 Å². The van der Waals surface area contributed by atoms with Gasteiger partial charge in [-0.05, 0) is 25.0 Å². The van der Waals surface area contributed by atoms with Crippen LogP contribution in [0.3, 0.4) is 0 Å². The van der Waals surface area contributed by atoms with Gasteiger partial charge in [-0.2, -0.15) is 0 Å². The molecule has 6 heteroatoms. The van der Waals surface area contributed by atoms with E-state index in [4.69, 9.17) is 12.2 Å². The van der Waals surface area contributed by atoms with E-state index in [9.17, 15) is 8.42 Å². The highest BCUT2D eigenvalue weighted by molar-refractivity contribution is 8.23. The summed E-state index contributed by atoms with van der Waals surface area (Å²) in [5.74, 6) is 0.655. The Morgan fingerprint density at radius 1 is 1.21 bits per heavy atom. The Morgan fingerprint density at radius 3 is 2.47 bits per heavy atom. The fraction of sp³-hybridized carbons (Fsp3) is 0.462. The van der Waals surface area contributed by atoms with Crippen LogP contribution in [-0.4, -0.2) is 42.2 Å². The Balaban J connectivity index is 1.83. The molecule has 0 radical (unpaired) electrons. The van der Waals surface area contributed by atoms with Crippen LogP contribution in [0.5, 0.6) is 0 Å². The van der Waals surface area contributed by atoms with Crippen LogP contribution in [0.15, 0.2) is 35.2 Å². The summed E-state index contributed by atoms with van der Waals surface area (Å²) in [5, 5.41) is 0. The highest BCUT2D eigenvalue weighted by Gasteiger charge is 2.17. The Kier molecular flexibility index (Phi) is 5.24. The molecule has 0 unspecified atom stereocenters. The van der Waals surface area contributed by atoms with Gasteiger partial charge >= 0.3 is 0 Å². The van der Waals surface area contributed by atoms with Gasteiger partial charge in [-0.1, -0.05) is 42.2 Å². The van der Waals surface area contributed by atoms with E-state index in [1.807, 2.05) is 6.07 Å². The lowest BCUT2D eigenvalue weighted by Gasteiger charge is -2.17. The van der Waals surface area contributed by atoms with Gasteiger partial charge in [0.1, 0.15) is 4.32 Å². The molecule has 1 heterocycles. The highest BCUT2D eigenvalue weighted by Crippen LogP contribution is 2.18. The maximum Gasteiger partial charge on any atom is 0.179 e. The number of benzene rings is 1. The SMILES string of the molecule is O=S(=O)(CCSC(=S)N1CCCC1)c1ccccc1. The Bertz CT molecular complexity index is 522. The summed E-state index contributed by atoms with van der Waals surface area (Å²) < 4.78 is 25.0. The summed E-state index contributed by atoms with van der Waals surface area (Å²) in [6.07, 6.45) is 2.37. The van der Waals surface area contributed by atoms with Crippen LogP contribution in [-0.2, 0) is 9.84 Å². The average Bonchev–Trinajstić information content (AvgIpc) is 2.93. The number of thiocarbonyl (C=S) groups is 1. The van der Waals surface area contributed by atoms with Crippen LogP contribution >= 0.6 is 24.0 Å². The predicted octanol–water partition coefficient (Wildman–Crippen LogP) is 2.57. The van der Waals surface area contributed by atoms with Crippen LogP contribution in [0.2, 0.25) is 0 Å². The second kappa shape index (κ2) is 6.72. The third-order valence-electron chi connectivity index (χ3n) is 3.04. The van der Waals surface area contributed by atoms with Crippen molar-refractivity contribution in [2.75, 3.05) is 24.6 Å². The van der Waals surface area contributed by atoms with E-state index in [2.05, 4.69) is 4.90 Å². The molecule has 0 N–H and O–H groups in total. The zero-order valence-electron chi connectivity index (χ0n) is 10.6. The molecule has 1 fully saturated rings. The van der Waals surface area contributed by atoms with Crippen molar-refractivity contribution in [3.8, 4) is 0 Å². The third kappa shape index (κ3) is 4.19. The Hall–Kier alpha value is -0.590. The lowest BCUT2D eigenvalue weighted by Crippen LogP contribution is -2.24. The molecule has 1 aliphatic rings. The van der Waals surface area contributed by atoms with Crippen LogP contribution in [0.25, 0.3) is 0 Å². The van der Waals surface area contributed by atoms with Gasteiger partial charge in [0.2, 0.25) is 0 Å². The molecule has 1 aliphatic heterocycles. The van der Waals surface area contributed by atoms with Crippen molar-refractivity contribution in [3.05, 3.63) is 30.3 Å². The fourth-order valence-corrected chi connectivity index (χ4v) is 4.97. The summed E-state index contributed by atoms with van der Waals surface area (Å²) in [7, 11) is -3.18. The normalized spacial score (nSPS) is 15.7. The molecule has 19 heavy (non-hydrogen) atoms. The molecule has 0 aromatic heterocycles. The molecule has 2 rings (SSSR count). The first-order chi connectivity index (χ1) is 9.09. The molecule has 0 saturated carbocycles. The van der Waals surface area contributed by atoms with Gasteiger partial charge in [0.05, 0.1) is 10.6 Å². The molecule has 3 nitrogen and oxygen atoms in total. The van der Waals surface area contributed by atoms with Crippen molar-refractivity contribution in [1.29, 1.82) is 0 Å². The van der Waals surface area contributed by atoms with Gasteiger partial charge in [-0.15, -0.1) is 0 Å². The lowest BCUT2D eigenvalue weighted by atomic mass is 10.4. The molecule has 104 valence electrons. The van der Waals surface area contributed by atoms with Crippen molar-refractivity contribution < 1.29 is 8.42 Å². The molecule has 0 spiro atoms. The maximum atomic E-state index is 12.1. The number of nitrogens with zero attached hydrogens (tertiary/aromatic N) is 1. The first-order valence-corrected chi connectivity index (χ1v) is 9.34. The third-order valence-corrected chi connectivity index (χ3v) is 6.56. The van der Waals surface area contributed by atoms with Crippen molar-refractivity contribution >= 4 is 38.1 Å². The molecule has 0 aliphatic carbocycles. The van der Waals surface area contributed by atoms with Crippen LogP contribution in [0, 0.1) is 0 Å². The van der Waals surface area contributed by atoms with E-state index in [-0.39, 0.29) is 5.75 Å². The molecular formula is C13H17NO2S3. The fourth-order valence-electron chi connectivity index (χ4n) is 1.98. The van der Waals surface area contributed by atoms with Crippen LogP contribution in [0.1, 0.15) is 12.8 Å². The Labute approximate surface area is 124 Å². The predicted molar refractivity (Wildman–Crippen MR) is 84.4 cm³/mol. The molecule has 0 atom stereocenters. The first-order valence-electron chi connectivity index (χ1n) is 6.29. The standard InChI is InChI=1S/C13H17NO2S3/c15-19(16,12-6-2-1-3-7-12)11-10-18-13(17)14-8-4-5-9-14/h1-3,6-7H,4-5,8-11H2. The van der Waals surface area contributed by atoms with E-state index in [0.29, 0.717) is 10.6 Å². The number of rotatable bonds is 4. The Morgan fingerprint density at radius 2 is 1.84 bits per heavy atom. The van der Waals surface area contributed by atoms with Crippen molar-refractivity contribution in [2.45, 2.75) is 17.7 Å². The number of thioether (sulfide) groups is 1. The number of sulfone groups is 1. The van der Waals surface area contributed by atoms with Crippen LogP contribution < -0.4 is 0 Å². The van der Waals surface area contributed by atoms with Crippen molar-refractivity contribution in [1.82, 2.24) is 4.90 Å². The maximum absolute atomic E-state index is 12.1. The second-order valence-electron chi connectivity index (χ2n) is 4.44. The molecule has 0 amide bonds. The van der Waals surface area contributed by atoms with Crippen molar-refractivity contribution in [2.24, 2.45) is 0 Å².